The SMILES string of the molecule is C=C(c1cc(Cl)cc(Cl)c1)C(F)(F)Oc1ccc(SC)c(C)c1. The van der Waals surface area contributed by atoms with E-state index < -0.39 is 11.7 Å². The van der Waals surface area contributed by atoms with E-state index in [2.05, 4.69) is 6.58 Å². The molecule has 0 fully saturated rings. The van der Waals surface area contributed by atoms with Gasteiger partial charge in [-0.05, 0) is 60.7 Å². The van der Waals surface area contributed by atoms with E-state index in [1.807, 2.05) is 13.2 Å². The molecule has 0 radical (unpaired) electrons. The van der Waals surface area contributed by atoms with Crippen LogP contribution in [-0.4, -0.2) is 12.4 Å². The molecule has 0 aliphatic heterocycles. The number of ether oxygens (including phenoxy) is 1. The lowest BCUT2D eigenvalue weighted by molar-refractivity contribution is -0.121. The average molecular weight is 375 g/mol. The highest BCUT2D eigenvalue weighted by Crippen LogP contribution is 2.36. The summed E-state index contributed by atoms with van der Waals surface area (Å²) in [5.41, 5.74) is 0.487. The van der Waals surface area contributed by atoms with Crippen LogP contribution in [0, 0.1) is 6.92 Å². The Balaban J connectivity index is 2.26. The molecule has 0 saturated carbocycles. The van der Waals surface area contributed by atoms with Crippen molar-refractivity contribution in [1.82, 2.24) is 0 Å². The van der Waals surface area contributed by atoms with Crippen molar-refractivity contribution in [3.05, 3.63) is 64.1 Å². The third kappa shape index (κ3) is 4.40. The summed E-state index contributed by atoms with van der Waals surface area (Å²) in [6, 6.07) is 9.01. The van der Waals surface area contributed by atoms with Gasteiger partial charge in [0, 0.05) is 14.9 Å². The zero-order valence-corrected chi connectivity index (χ0v) is 14.8. The molecule has 2 aromatic rings. The van der Waals surface area contributed by atoms with Crippen molar-refractivity contribution in [3.63, 3.8) is 0 Å². The predicted octanol–water partition coefficient (Wildman–Crippen LogP) is 6.71. The van der Waals surface area contributed by atoms with Crippen molar-refractivity contribution in [3.8, 4) is 5.75 Å². The molecule has 0 aromatic heterocycles. The summed E-state index contributed by atoms with van der Waals surface area (Å²) >= 11 is 13.2. The highest BCUT2D eigenvalue weighted by molar-refractivity contribution is 7.98. The second-order valence-corrected chi connectivity index (χ2v) is 6.61. The van der Waals surface area contributed by atoms with E-state index in [-0.39, 0.29) is 21.4 Å². The van der Waals surface area contributed by atoms with E-state index in [1.54, 1.807) is 12.1 Å². The molecule has 23 heavy (non-hydrogen) atoms. The summed E-state index contributed by atoms with van der Waals surface area (Å²) < 4.78 is 33.6. The molecular formula is C17H14Cl2F2OS. The molecule has 0 bridgehead atoms. The van der Waals surface area contributed by atoms with E-state index in [0.29, 0.717) is 0 Å². The van der Waals surface area contributed by atoms with E-state index >= 15 is 0 Å². The number of hydrogen-bond acceptors (Lipinski definition) is 2. The number of halogens is 4. The minimum Gasteiger partial charge on any atom is -0.429 e. The normalized spacial score (nSPS) is 11.4. The third-order valence-corrected chi connectivity index (χ3v) is 4.51. The van der Waals surface area contributed by atoms with Gasteiger partial charge in [0.05, 0.1) is 5.57 Å². The standard InChI is InChI=1S/C17H14Cl2F2OS/c1-10-6-15(4-5-16(10)23-3)22-17(20,21)11(2)12-7-13(18)9-14(19)8-12/h4-9H,2H2,1,3H3. The third-order valence-electron chi connectivity index (χ3n) is 3.17. The fourth-order valence-corrected chi connectivity index (χ4v) is 3.13. The molecule has 0 spiro atoms. The molecule has 0 amide bonds. The second-order valence-electron chi connectivity index (χ2n) is 4.89. The highest BCUT2D eigenvalue weighted by atomic mass is 35.5. The summed E-state index contributed by atoms with van der Waals surface area (Å²) in [6.07, 6.45) is -1.66. The van der Waals surface area contributed by atoms with Gasteiger partial charge < -0.3 is 4.74 Å². The zero-order valence-electron chi connectivity index (χ0n) is 12.5. The zero-order chi connectivity index (χ0) is 17.2. The smallest absolute Gasteiger partial charge is 0.426 e. The number of thioether (sulfide) groups is 1. The van der Waals surface area contributed by atoms with Gasteiger partial charge in [-0.2, -0.15) is 8.78 Å². The first-order valence-electron chi connectivity index (χ1n) is 6.60. The van der Waals surface area contributed by atoms with Gasteiger partial charge in [0.1, 0.15) is 5.75 Å². The summed E-state index contributed by atoms with van der Waals surface area (Å²) in [5.74, 6) is 0.0691. The van der Waals surface area contributed by atoms with Crippen LogP contribution in [0.15, 0.2) is 47.9 Å². The van der Waals surface area contributed by atoms with Crippen LogP contribution in [0.2, 0.25) is 10.0 Å². The minimum atomic E-state index is -3.58. The summed E-state index contributed by atoms with van der Waals surface area (Å²) in [5, 5.41) is 0.509. The van der Waals surface area contributed by atoms with Crippen molar-refractivity contribution in [2.45, 2.75) is 17.9 Å². The van der Waals surface area contributed by atoms with Gasteiger partial charge in [-0.1, -0.05) is 29.8 Å². The summed E-state index contributed by atoms with van der Waals surface area (Å²) in [4.78, 5) is 1.00. The van der Waals surface area contributed by atoms with Gasteiger partial charge in [0.25, 0.3) is 0 Å². The molecule has 2 rings (SSSR count). The number of aryl methyl sites for hydroxylation is 1. The van der Waals surface area contributed by atoms with Crippen LogP contribution >= 0.6 is 35.0 Å². The first-order chi connectivity index (χ1) is 10.7. The van der Waals surface area contributed by atoms with Crippen LogP contribution in [0.25, 0.3) is 5.57 Å². The molecule has 0 saturated heterocycles. The van der Waals surface area contributed by atoms with Crippen LogP contribution in [0.3, 0.4) is 0 Å². The van der Waals surface area contributed by atoms with Crippen LogP contribution in [0.4, 0.5) is 8.78 Å². The van der Waals surface area contributed by atoms with Crippen molar-refractivity contribution in [1.29, 1.82) is 0 Å². The van der Waals surface area contributed by atoms with Gasteiger partial charge in [0.2, 0.25) is 0 Å². The fraction of sp³-hybridized carbons (Fsp3) is 0.176. The molecular weight excluding hydrogens is 361 g/mol. The Morgan fingerprint density at radius 3 is 2.26 bits per heavy atom. The van der Waals surface area contributed by atoms with Gasteiger partial charge in [-0.15, -0.1) is 11.8 Å². The Morgan fingerprint density at radius 2 is 1.74 bits per heavy atom. The summed E-state index contributed by atoms with van der Waals surface area (Å²) in [6.45, 7) is 5.27. The Labute approximate surface area is 148 Å². The predicted molar refractivity (Wildman–Crippen MR) is 94.0 cm³/mol. The molecule has 0 atom stereocenters. The van der Waals surface area contributed by atoms with Gasteiger partial charge >= 0.3 is 6.11 Å². The molecule has 6 heteroatoms. The maximum Gasteiger partial charge on any atom is 0.426 e. The van der Waals surface area contributed by atoms with Gasteiger partial charge in [-0.25, -0.2) is 0 Å². The highest BCUT2D eigenvalue weighted by Gasteiger charge is 2.37. The maximum atomic E-state index is 14.4. The van der Waals surface area contributed by atoms with E-state index in [1.165, 1.54) is 36.0 Å². The Morgan fingerprint density at radius 1 is 1.13 bits per heavy atom. The quantitative estimate of drug-likeness (QED) is 0.537. The Bertz CT molecular complexity index is 727. The van der Waals surface area contributed by atoms with Crippen LogP contribution in [-0.2, 0) is 0 Å². The lowest BCUT2D eigenvalue weighted by atomic mass is 10.1. The molecule has 2 aromatic carbocycles. The lowest BCUT2D eigenvalue weighted by Crippen LogP contribution is -2.26. The Hall–Kier alpha value is -1.23. The van der Waals surface area contributed by atoms with E-state index in [9.17, 15) is 8.78 Å². The molecule has 0 aliphatic carbocycles. The fourth-order valence-electron chi connectivity index (χ4n) is 2.02. The first kappa shape index (κ1) is 18.1. The number of rotatable bonds is 5. The van der Waals surface area contributed by atoms with E-state index in [0.717, 1.165) is 10.5 Å². The minimum absolute atomic E-state index is 0.0691. The van der Waals surface area contributed by atoms with Crippen LogP contribution < -0.4 is 4.74 Å². The van der Waals surface area contributed by atoms with Crippen molar-refractivity contribution in [2.75, 3.05) is 6.26 Å². The molecule has 0 aliphatic rings. The monoisotopic (exact) mass is 374 g/mol. The molecule has 0 unspecified atom stereocenters. The van der Waals surface area contributed by atoms with Gasteiger partial charge in [0.15, 0.2) is 0 Å². The number of hydrogen-bond donors (Lipinski definition) is 0. The Kier molecular flexibility index (Phi) is 5.61. The molecule has 1 nitrogen and oxygen atoms in total. The topological polar surface area (TPSA) is 9.23 Å². The maximum absolute atomic E-state index is 14.4. The molecule has 122 valence electrons. The number of benzene rings is 2. The molecule has 0 N–H and O–H groups in total. The number of alkyl halides is 2. The van der Waals surface area contributed by atoms with Crippen molar-refractivity contribution in [2.24, 2.45) is 0 Å². The van der Waals surface area contributed by atoms with E-state index in [4.69, 9.17) is 27.9 Å². The summed E-state index contributed by atoms with van der Waals surface area (Å²) in [7, 11) is 0. The van der Waals surface area contributed by atoms with Crippen LogP contribution in [0.1, 0.15) is 11.1 Å². The second kappa shape index (κ2) is 7.12. The first-order valence-corrected chi connectivity index (χ1v) is 8.58. The van der Waals surface area contributed by atoms with Crippen molar-refractivity contribution < 1.29 is 13.5 Å². The average Bonchev–Trinajstić information content (AvgIpc) is 2.45. The van der Waals surface area contributed by atoms with Crippen LogP contribution in [0.5, 0.6) is 5.75 Å². The van der Waals surface area contributed by atoms with Gasteiger partial charge in [-0.3, -0.25) is 0 Å². The molecule has 0 heterocycles. The lowest BCUT2D eigenvalue weighted by Gasteiger charge is -2.21. The van der Waals surface area contributed by atoms with Crippen molar-refractivity contribution >= 4 is 40.5 Å². The largest absolute Gasteiger partial charge is 0.429 e.